The molecular weight excluding hydrogens is 220 g/mol. The molecule has 0 aliphatic heterocycles. The van der Waals surface area contributed by atoms with Gasteiger partial charge in [0.2, 0.25) is 0 Å². The smallest absolute Gasteiger partial charge is 0.136 e. The van der Waals surface area contributed by atoms with Crippen molar-refractivity contribution in [2.24, 2.45) is 5.41 Å². The van der Waals surface area contributed by atoms with Crippen molar-refractivity contribution in [2.75, 3.05) is 0 Å². The van der Waals surface area contributed by atoms with Crippen LogP contribution in [0.1, 0.15) is 53.4 Å². The zero-order chi connectivity index (χ0) is 12.4. The van der Waals surface area contributed by atoms with Crippen molar-refractivity contribution in [1.29, 1.82) is 5.26 Å². The molecule has 0 radical (unpaired) electrons. The molecule has 0 heterocycles. The highest BCUT2D eigenvalue weighted by atomic mass is 32.2. The summed E-state index contributed by atoms with van der Waals surface area (Å²) < 4.78 is 14.8. The second-order valence-corrected chi connectivity index (χ2v) is 7.69. The Hall–Kier alpha value is -0.240. The van der Waals surface area contributed by atoms with Crippen molar-refractivity contribution in [3.05, 3.63) is 0 Å². The molecule has 1 aliphatic rings. The molecule has 0 spiro atoms. The first-order valence-electron chi connectivity index (χ1n) is 5.91. The van der Waals surface area contributed by atoms with Crippen molar-refractivity contribution in [3.63, 3.8) is 0 Å². The largest absolute Gasteiger partial charge is 0.598 e. The van der Waals surface area contributed by atoms with E-state index in [1.54, 1.807) is 0 Å². The van der Waals surface area contributed by atoms with Gasteiger partial charge in [0.15, 0.2) is 0 Å². The quantitative estimate of drug-likeness (QED) is 0.774. The maximum Gasteiger partial charge on any atom is 0.136 e. The van der Waals surface area contributed by atoms with Gasteiger partial charge in [-0.1, -0.05) is 12.8 Å². The summed E-state index contributed by atoms with van der Waals surface area (Å²) in [4.78, 5) is 0. The summed E-state index contributed by atoms with van der Waals surface area (Å²) in [5.74, 6) is 0. The van der Waals surface area contributed by atoms with Crippen LogP contribution in [-0.2, 0) is 11.4 Å². The standard InChI is InChI=1S/C12H22N2OS/c1-10(14-16(15)11(2,3)4)12(9-13)7-5-6-8-12/h10,14H,5-8H2,1-4H3/t10-,16?/m1/s1. The monoisotopic (exact) mass is 242 g/mol. The first kappa shape index (κ1) is 13.8. The van der Waals surface area contributed by atoms with Gasteiger partial charge in [0.05, 0.1) is 17.5 Å². The summed E-state index contributed by atoms with van der Waals surface area (Å²) in [6.07, 6.45) is 4.08. The van der Waals surface area contributed by atoms with Crippen LogP contribution in [0.5, 0.6) is 0 Å². The topological polar surface area (TPSA) is 58.9 Å². The molecule has 3 nitrogen and oxygen atoms in total. The highest BCUT2D eigenvalue weighted by Gasteiger charge is 2.42. The fourth-order valence-corrected chi connectivity index (χ4v) is 3.00. The molecule has 0 aromatic carbocycles. The van der Waals surface area contributed by atoms with Gasteiger partial charge in [0.1, 0.15) is 4.75 Å². The highest BCUT2D eigenvalue weighted by molar-refractivity contribution is 7.90. The fourth-order valence-electron chi connectivity index (χ4n) is 2.10. The lowest BCUT2D eigenvalue weighted by atomic mass is 9.81. The number of rotatable bonds is 3. The molecule has 0 amide bonds. The molecular formula is C12H22N2OS. The van der Waals surface area contributed by atoms with Crippen molar-refractivity contribution in [2.45, 2.75) is 64.2 Å². The van der Waals surface area contributed by atoms with Crippen LogP contribution in [0.3, 0.4) is 0 Å². The summed E-state index contributed by atoms with van der Waals surface area (Å²) in [5.41, 5.74) is -0.305. The van der Waals surface area contributed by atoms with E-state index >= 15 is 0 Å². The van der Waals surface area contributed by atoms with Gasteiger partial charge in [0, 0.05) is 11.4 Å². The van der Waals surface area contributed by atoms with Crippen molar-refractivity contribution in [3.8, 4) is 6.07 Å². The summed E-state index contributed by atoms with van der Waals surface area (Å²) in [5, 5.41) is 9.31. The molecule has 0 bridgehead atoms. The van der Waals surface area contributed by atoms with Crippen LogP contribution in [0.25, 0.3) is 0 Å². The molecule has 1 aliphatic carbocycles. The molecule has 1 N–H and O–H groups in total. The Bertz CT molecular complexity index is 274. The van der Waals surface area contributed by atoms with Crippen LogP contribution in [0.15, 0.2) is 0 Å². The summed E-state index contributed by atoms with van der Waals surface area (Å²) in [7, 11) is 0. The van der Waals surface area contributed by atoms with Crippen LogP contribution in [0, 0.1) is 16.7 Å². The van der Waals surface area contributed by atoms with E-state index in [9.17, 15) is 9.81 Å². The predicted molar refractivity (Wildman–Crippen MR) is 67.0 cm³/mol. The average molecular weight is 242 g/mol. The van der Waals surface area contributed by atoms with E-state index in [0.29, 0.717) is 0 Å². The molecule has 1 rings (SSSR count). The van der Waals surface area contributed by atoms with Gasteiger partial charge >= 0.3 is 0 Å². The lowest BCUT2D eigenvalue weighted by molar-refractivity contribution is 0.317. The third-order valence-electron chi connectivity index (χ3n) is 3.39. The summed E-state index contributed by atoms with van der Waals surface area (Å²) in [6, 6.07) is 2.44. The molecule has 0 saturated heterocycles. The Morgan fingerprint density at radius 3 is 2.25 bits per heavy atom. The number of hydrogen-bond acceptors (Lipinski definition) is 3. The number of nitrogens with zero attached hydrogens (tertiary/aromatic N) is 1. The lowest BCUT2D eigenvalue weighted by Gasteiger charge is -2.32. The van der Waals surface area contributed by atoms with Crippen LogP contribution in [0.4, 0.5) is 0 Å². The van der Waals surface area contributed by atoms with E-state index < -0.39 is 11.4 Å². The number of nitriles is 1. The van der Waals surface area contributed by atoms with Crippen LogP contribution < -0.4 is 4.72 Å². The molecule has 16 heavy (non-hydrogen) atoms. The molecule has 0 aromatic rings. The van der Waals surface area contributed by atoms with Gasteiger partial charge in [-0.2, -0.15) is 5.26 Å². The predicted octanol–water partition coefficient (Wildman–Crippen LogP) is 2.51. The lowest BCUT2D eigenvalue weighted by Crippen LogP contribution is -2.49. The number of nitrogens with one attached hydrogen (secondary N) is 1. The van der Waals surface area contributed by atoms with Crippen molar-refractivity contribution >= 4 is 11.4 Å². The zero-order valence-electron chi connectivity index (χ0n) is 10.7. The van der Waals surface area contributed by atoms with Crippen LogP contribution >= 0.6 is 0 Å². The van der Waals surface area contributed by atoms with Gasteiger partial charge in [-0.25, -0.2) is 0 Å². The first-order chi connectivity index (χ1) is 7.32. The van der Waals surface area contributed by atoms with Crippen molar-refractivity contribution in [1.82, 2.24) is 4.72 Å². The Morgan fingerprint density at radius 1 is 1.38 bits per heavy atom. The molecule has 0 aromatic heterocycles. The van der Waals surface area contributed by atoms with Gasteiger partial charge in [-0.05, 0) is 40.5 Å². The van der Waals surface area contributed by atoms with E-state index in [4.69, 9.17) is 0 Å². The first-order valence-corrected chi connectivity index (χ1v) is 7.06. The van der Waals surface area contributed by atoms with Gasteiger partial charge in [-0.15, -0.1) is 4.72 Å². The fraction of sp³-hybridized carbons (Fsp3) is 0.917. The highest BCUT2D eigenvalue weighted by Crippen LogP contribution is 2.40. The normalized spacial score (nSPS) is 23.8. The average Bonchev–Trinajstić information content (AvgIpc) is 2.65. The van der Waals surface area contributed by atoms with E-state index in [-0.39, 0.29) is 16.2 Å². The van der Waals surface area contributed by atoms with E-state index in [1.165, 1.54) is 0 Å². The molecule has 92 valence electrons. The molecule has 4 heteroatoms. The minimum atomic E-state index is -1.09. The molecule has 1 saturated carbocycles. The zero-order valence-corrected chi connectivity index (χ0v) is 11.5. The minimum absolute atomic E-state index is 0.0000540. The van der Waals surface area contributed by atoms with Crippen LogP contribution in [-0.4, -0.2) is 15.3 Å². The Balaban J connectivity index is 2.64. The SMILES string of the molecule is C[C@@H](N[S+]([O-])C(C)(C)C)C1(C#N)CCCC1. The van der Waals surface area contributed by atoms with Gasteiger partial charge < -0.3 is 4.55 Å². The Morgan fingerprint density at radius 2 is 1.88 bits per heavy atom. The van der Waals surface area contributed by atoms with Crippen LogP contribution in [0.2, 0.25) is 0 Å². The van der Waals surface area contributed by atoms with Gasteiger partial charge in [-0.3, -0.25) is 0 Å². The van der Waals surface area contributed by atoms with E-state index in [2.05, 4.69) is 10.8 Å². The Labute approximate surface area is 102 Å². The molecule has 1 fully saturated rings. The maximum atomic E-state index is 12.0. The third kappa shape index (κ3) is 2.91. The number of hydrogen-bond donors (Lipinski definition) is 1. The second kappa shape index (κ2) is 4.95. The third-order valence-corrected chi connectivity index (χ3v) is 5.07. The minimum Gasteiger partial charge on any atom is -0.598 e. The summed E-state index contributed by atoms with van der Waals surface area (Å²) in [6.45, 7) is 7.81. The second-order valence-electron chi connectivity index (χ2n) is 5.70. The Kier molecular flexibility index (Phi) is 4.28. The van der Waals surface area contributed by atoms with E-state index in [1.807, 2.05) is 27.7 Å². The van der Waals surface area contributed by atoms with Gasteiger partial charge in [0.25, 0.3) is 0 Å². The summed E-state index contributed by atoms with van der Waals surface area (Å²) >= 11 is -1.09. The van der Waals surface area contributed by atoms with Crippen molar-refractivity contribution < 1.29 is 4.55 Å². The maximum absolute atomic E-state index is 12.0. The molecule has 1 unspecified atom stereocenters. The van der Waals surface area contributed by atoms with E-state index in [0.717, 1.165) is 25.7 Å². The molecule has 2 atom stereocenters.